The summed E-state index contributed by atoms with van der Waals surface area (Å²) in [5.41, 5.74) is 0.868. The number of rotatable bonds is 4. The second kappa shape index (κ2) is 5.45. The Labute approximate surface area is 91.9 Å². The number of nitrogens with one attached hydrogen (secondary N) is 2. The molecule has 0 aliphatic rings. The average Bonchev–Trinajstić information content (AvgIpc) is 2.60. The molecular formula is C9H13N3O2S. The zero-order valence-corrected chi connectivity index (χ0v) is 9.48. The highest BCUT2D eigenvalue weighted by Crippen LogP contribution is 2.13. The van der Waals surface area contributed by atoms with Gasteiger partial charge < -0.3 is 10.6 Å². The van der Waals surface area contributed by atoms with Gasteiger partial charge in [0.1, 0.15) is 0 Å². The molecule has 1 aromatic rings. The lowest BCUT2D eigenvalue weighted by Crippen LogP contribution is -2.32. The number of anilines is 1. The van der Waals surface area contributed by atoms with Crippen LogP contribution in [-0.2, 0) is 9.59 Å². The zero-order valence-electron chi connectivity index (χ0n) is 8.66. The minimum absolute atomic E-state index is 0.00863. The molecule has 0 bridgehead atoms. The van der Waals surface area contributed by atoms with Crippen LogP contribution in [0.5, 0.6) is 0 Å². The fourth-order valence-electron chi connectivity index (χ4n) is 0.879. The third-order valence-corrected chi connectivity index (χ3v) is 2.51. The lowest BCUT2D eigenvalue weighted by molar-refractivity contribution is -0.123. The van der Waals surface area contributed by atoms with Gasteiger partial charge in [0.25, 0.3) is 0 Å². The quantitative estimate of drug-likeness (QED) is 0.803. The highest BCUT2D eigenvalue weighted by Gasteiger charge is 2.06. The Morgan fingerprint density at radius 3 is 2.73 bits per heavy atom. The summed E-state index contributed by atoms with van der Waals surface area (Å²) in [5.74, 6) is -0.397. The van der Waals surface area contributed by atoms with Gasteiger partial charge in [-0.15, -0.1) is 11.3 Å². The average molecular weight is 227 g/mol. The number of hydrogen-bond acceptors (Lipinski definition) is 4. The first-order valence-electron chi connectivity index (χ1n) is 4.60. The first-order chi connectivity index (χ1) is 7.11. The zero-order chi connectivity index (χ0) is 11.3. The van der Waals surface area contributed by atoms with Gasteiger partial charge in [0.2, 0.25) is 11.8 Å². The number of thiazole rings is 1. The number of carbonyl (C=O) groups excluding carboxylic acids is 2. The van der Waals surface area contributed by atoms with Crippen molar-refractivity contribution in [2.24, 2.45) is 0 Å². The maximum atomic E-state index is 11.3. The molecule has 0 radical (unpaired) electrons. The minimum Gasteiger partial charge on any atom is -0.347 e. The van der Waals surface area contributed by atoms with Crippen molar-refractivity contribution in [3.05, 3.63) is 11.1 Å². The van der Waals surface area contributed by atoms with Crippen molar-refractivity contribution in [3.63, 3.8) is 0 Å². The second-order valence-electron chi connectivity index (χ2n) is 2.97. The highest BCUT2D eigenvalue weighted by molar-refractivity contribution is 7.13. The molecule has 0 aliphatic heterocycles. The summed E-state index contributed by atoms with van der Waals surface area (Å²) in [7, 11) is 0. The molecule has 2 amide bonds. The number of aromatic nitrogens is 1. The third-order valence-electron chi connectivity index (χ3n) is 1.63. The van der Waals surface area contributed by atoms with Gasteiger partial charge in [-0.2, -0.15) is 0 Å². The van der Waals surface area contributed by atoms with Gasteiger partial charge in [-0.25, -0.2) is 4.98 Å². The largest absolute Gasteiger partial charge is 0.347 e. The van der Waals surface area contributed by atoms with E-state index in [1.807, 2.05) is 12.3 Å². The van der Waals surface area contributed by atoms with E-state index in [2.05, 4.69) is 15.6 Å². The van der Waals surface area contributed by atoms with Crippen LogP contribution in [0, 0.1) is 6.92 Å². The van der Waals surface area contributed by atoms with Crippen LogP contribution in [0.1, 0.15) is 19.0 Å². The summed E-state index contributed by atoms with van der Waals surface area (Å²) in [4.78, 5) is 26.2. The van der Waals surface area contributed by atoms with Crippen molar-refractivity contribution in [2.75, 3.05) is 11.9 Å². The van der Waals surface area contributed by atoms with Crippen molar-refractivity contribution in [3.8, 4) is 0 Å². The van der Waals surface area contributed by atoms with E-state index in [9.17, 15) is 9.59 Å². The van der Waals surface area contributed by atoms with Crippen molar-refractivity contribution in [1.82, 2.24) is 10.3 Å². The summed E-state index contributed by atoms with van der Waals surface area (Å²) in [6.45, 7) is 3.58. The monoisotopic (exact) mass is 227 g/mol. The Morgan fingerprint density at radius 2 is 2.20 bits per heavy atom. The summed E-state index contributed by atoms with van der Waals surface area (Å²) in [6.07, 6.45) is 0.379. The molecule has 5 nitrogen and oxygen atoms in total. The molecule has 15 heavy (non-hydrogen) atoms. The maximum Gasteiger partial charge on any atom is 0.245 e. The molecule has 1 heterocycles. The molecule has 0 aliphatic carbocycles. The van der Waals surface area contributed by atoms with E-state index in [-0.39, 0.29) is 18.4 Å². The molecule has 0 atom stereocenters. The van der Waals surface area contributed by atoms with Crippen molar-refractivity contribution in [2.45, 2.75) is 20.3 Å². The lowest BCUT2D eigenvalue weighted by Gasteiger charge is -2.02. The fraction of sp³-hybridized carbons (Fsp3) is 0.444. The van der Waals surface area contributed by atoms with E-state index in [0.717, 1.165) is 5.69 Å². The topological polar surface area (TPSA) is 71.1 Å². The van der Waals surface area contributed by atoms with E-state index >= 15 is 0 Å². The van der Waals surface area contributed by atoms with E-state index in [4.69, 9.17) is 0 Å². The Hall–Kier alpha value is -1.43. The van der Waals surface area contributed by atoms with Gasteiger partial charge in [-0.3, -0.25) is 9.59 Å². The Kier molecular flexibility index (Phi) is 4.23. The molecule has 1 rings (SSSR count). The van der Waals surface area contributed by atoms with Crippen LogP contribution in [0.15, 0.2) is 5.38 Å². The number of nitrogens with zero attached hydrogens (tertiary/aromatic N) is 1. The molecule has 0 aromatic carbocycles. The number of hydrogen-bond donors (Lipinski definition) is 2. The molecule has 0 saturated heterocycles. The smallest absolute Gasteiger partial charge is 0.245 e. The third kappa shape index (κ3) is 4.07. The van der Waals surface area contributed by atoms with E-state index < -0.39 is 0 Å². The number of carbonyl (C=O) groups is 2. The van der Waals surface area contributed by atoms with Crippen molar-refractivity contribution < 1.29 is 9.59 Å². The molecule has 0 spiro atoms. The van der Waals surface area contributed by atoms with E-state index in [1.54, 1.807) is 6.92 Å². The summed E-state index contributed by atoms with van der Waals surface area (Å²) in [6, 6.07) is 0. The summed E-state index contributed by atoms with van der Waals surface area (Å²) >= 11 is 1.36. The first kappa shape index (κ1) is 11.6. The Bertz CT molecular complexity index is 362. The maximum absolute atomic E-state index is 11.3. The van der Waals surface area contributed by atoms with Crippen LogP contribution in [0.25, 0.3) is 0 Å². The lowest BCUT2D eigenvalue weighted by atomic mass is 10.4. The highest BCUT2D eigenvalue weighted by atomic mass is 32.1. The molecule has 0 fully saturated rings. The second-order valence-corrected chi connectivity index (χ2v) is 3.83. The molecule has 0 saturated carbocycles. The molecule has 82 valence electrons. The van der Waals surface area contributed by atoms with Gasteiger partial charge in [-0.1, -0.05) is 6.92 Å². The molecule has 2 N–H and O–H groups in total. The van der Waals surface area contributed by atoms with Crippen LogP contribution < -0.4 is 10.6 Å². The number of amides is 2. The van der Waals surface area contributed by atoms with Gasteiger partial charge in [0.05, 0.1) is 12.2 Å². The van der Waals surface area contributed by atoms with Crippen LogP contribution in [0.4, 0.5) is 5.13 Å². The Morgan fingerprint density at radius 1 is 1.47 bits per heavy atom. The number of aryl methyl sites for hydroxylation is 1. The van der Waals surface area contributed by atoms with Crippen LogP contribution >= 0.6 is 11.3 Å². The van der Waals surface area contributed by atoms with E-state index in [0.29, 0.717) is 11.6 Å². The van der Waals surface area contributed by atoms with Crippen LogP contribution in [0.2, 0.25) is 0 Å². The SMILES string of the molecule is CCC(=O)NCC(=O)Nc1nc(C)cs1. The van der Waals surface area contributed by atoms with Gasteiger partial charge in [0.15, 0.2) is 5.13 Å². The minimum atomic E-state index is -0.258. The fourth-order valence-corrected chi connectivity index (χ4v) is 1.58. The normalized spacial score (nSPS) is 9.73. The van der Waals surface area contributed by atoms with Crippen molar-refractivity contribution in [1.29, 1.82) is 0 Å². The standard InChI is InChI=1S/C9H13N3O2S/c1-3-7(13)10-4-8(14)12-9-11-6(2)5-15-9/h5H,3-4H2,1-2H3,(H,10,13)(H,11,12,14). The molecule has 6 heteroatoms. The molecular weight excluding hydrogens is 214 g/mol. The van der Waals surface area contributed by atoms with Crippen LogP contribution in [-0.4, -0.2) is 23.3 Å². The van der Waals surface area contributed by atoms with Gasteiger partial charge >= 0.3 is 0 Å². The molecule has 0 unspecified atom stereocenters. The predicted octanol–water partition coefficient (Wildman–Crippen LogP) is 0.916. The summed E-state index contributed by atoms with van der Waals surface area (Å²) in [5, 5.41) is 7.49. The van der Waals surface area contributed by atoms with E-state index in [1.165, 1.54) is 11.3 Å². The predicted molar refractivity (Wildman–Crippen MR) is 58.8 cm³/mol. The summed E-state index contributed by atoms with van der Waals surface area (Å²) < 4.78 is 0. The van der Waals surface area contributed by atoms with Crippen molar-refractivity contribution >= 4 is 28.3 Å². The van der Waals surface area contributed by atoms with Gasteiger partial charge in [-0.05, 0) is 6.92 Å². The first-order valence-corrected chi connectivity index (χ1v) is 5.48. The molecule has 1 aromatic heterocycles. The van der Waals surface area contributed by atoms with Gasteiger partial charge in [0, 0.05) is 11.8 Å². The Balaban J connectivity index is 2.33. The van der Waals surface area contributed by atoms with Crippen LogP contribution in [0.3, 0.4) is 0 Å².